The summed E-state index contributed by atoms with van der Waals surface area (Å²) in [5.41, 5.74) is 2.63. The Morgan fingerprint density at radius 3 is 2.80 bits per heavy atom. The van der Waals surface area contributed by atoms with E-state index < -0.39 is 5.82 Å². The second kappa shape index (κ2) is 6.90. The van der Waals surface area contributed by atoms with E-state index >= 15 is 0 Å². The molecule has 1 amide bonds. The van der Waals surface area contributed by atoms with E-state index in [1.807, 2.05) is 11.3 Å². The van der Waals surface area contributed by atoms with E-state index in [1.54, 1.807) is 24.5 Å². The zero-order valence-electron chi connectivity index (χ0n) is 14.2. The molecule has 3 rings (SSSR count). The van der Waals surface area contributed by atoms with Crippen molar-refractivity contribution in [3.8, 4) is 5.75 Å². The highest BCUT2D eigenvalue weighted by atomic mass is 19.1. The van der Waals surface area contributed by atoms with E-state index in [9.17, 15) is 9.18 Å². The van der Waals surface area contributed by atoms with Crippen LogP contribution in [0.4, 0.5) is 10.1 Å². The van der Waals surface area contributed by atoms with Gasteiger partial charge in [-0.2, -0.15) is 0 Å². The van der Waals surface area contributed by atoms with Crippen molar-refractivity contribution in [2.45, 2.75) is 6.92 Å². The van der Waals surface area contributed by atoms with E-state index in [4.69, 9.17) is 9.47 Å². The number of hydrogen-bond donors (Lipinski definition) is 0. The van der Waals surface area contributed by atoms with E-state index in [1.165, 1.54) is 37.3 Å². The number of aromatic nitrogens is 2. The molecule has 0 saturated heterocycles. The van der Waals surface area contributed by atoms with Crippen LogP contribution in [0, 0.1) is 12.7 Å². The van der Waals surface area contributed by atoms with Gasteiger partial charge in [0.2, 0.25) is 0 Å². The van der Waals surface area contributed by atoms with Gasteiger partial charge in [0, 0.05) is 31.3 Å². The van der Waals surface area contributed by atoms with Gasteiger partial charge in [-0.1, -0.05) is 0 Å². The van der Waals surface area contributed by atoms with Gasteiger partial charge in [0.05, 0.1) is 18.4 Å². The molecule has 130 valence electrons. The monoisotopic (exact) mass is 343 g/mol. The molecule has 1 aromatic carbocycles. The fourth-order valence-corrected chi connectivity index (χ4v) is 2.58. The highest BCUT2D eigenvalue weighted by molar-refractivity contribution is 6.06. The van der Waals surface area contributed by atoms with Crippen molar-refractivity contribution >= 4 is 17.2 Å². The average molecular weight is 343 g/mol. The molecule has 0 fully saturated rings. The Morgan fingerprint density at radius 2 is 2.08 bits per heavy atom. The van der Waals surface area contributed by atoms with Gasteiger partial charge in [0.15, 0.2) is 11.6 Å². The first kappa shape index (κ1) is 16.9. The number of ether oxygens (including phenoxy) is 2. The zero-order valence-corrected chi connectivity index (χ0v) is 14.2. The van der Waals surface area contributed by atoms with Gasteiger partial charge in [0.25, 0.3) is 5.91 Å². The molecule has 7 heteroatoms. The summed E-state index contributed by atoms with van der Waals surface area (Å²) in [7, 11) is 2.87. The Kier molecular flexibility index (Phi) is 4.67. The van der Waals surface area contributed by atoms with Gasteiger partial charge in [0.1, 0.15) is 12.4 Å². The Balaban J connectivity index is 2.01. The number of imidazole rings is 1. The first-order valence-electron chi connectivity index (χ1n) is 7.63. The molecule has 0 unspecified atom stereocenters. The minimum absolute atomic E-state index is 0.0224. The molecule has 6 nitrogen and oxygen atoms in total. The number of hydrogen-bond acceptors (Lipinski definition) is 4. The lowest BCUT2D eigenvalue weighted by Gasteiger charge is -2.22. The van der Waals surface area contributed by atoms with Crippen LogP contribution in [0.2, 0.25) is 0 Å². The number of aryl methyl sites for hydroxylation is 1. The smallest absolute Gasteiger partial charge is 0.261 e. The zero-order chi connectivity index (χ0) is 18.0. The van der Waals surface area contributed by atoms with E-state index in [-0.39, 0.29) is 18.4 Å². The molecular weight excluding hydrogens is 325 g/mol. The van der Waals surface area contributed by atoms with Gasteiger partial charge in [-0.05, 0) is 31.2 Å². The van der Waals surface area contributed by atoms with Crippen LogP contribution in [0.25, 0.3) is 5.65 Å². The van der Waals surface area contributed by atoms with Crippen molar-refractivity contribution in [2.24, 2.45) is 0 Å². The van der Waals surface area contributed by atoms with Crippen LogP contribution in [0.15, 0.2) is 42.7 Å². The number of anilines is 1. The van der Waals surface area contributed by atoms with Gasteiger partial charge in [-0.3, -0.25) is 9.69 Å². The van der Waals surface area contributed by atoms with Crippen LogP contribution in [0.5, 0.6) is 5.75 Å². The topological polar surface area (TPSA) is 56.1 Å². The lowest BCUT2D eigenvalue weighted by atomic mass is 10.2. The van der Waals surface area contributed by atoms with Crippen LogP contribution < -0.4 is 9.64 Å². The summed E-state index contributed by atoms with van der Waals surface area (Å²) in [4.78, 5) is 18.6. The number of methoxy groups -OCH3 is 2. The predicted molar refractivity (Wildman–Crippen MR) is 91.6 cm³/mol. The summed E-state index contributed by atoms with van der Waals surface area (Å²) in [5.74, 6) is -0.704. The Bertz CT molecular complexity index is 923. The SMILES string of the molecule is COCN(C(=O)c1ccc2ncc(C)n2c1)c1ccc(F)c(OC)c1. The highest BCUT2D eigenvalue weighted by Gasteiger charge is 2.20. The normalized spacial score (nSPS) is 10.9. The number of fused-ring (bicyclic) bond motifs is 1. The maximum absolute atomic E-state index is 13.7. The second-order valence-electron chi connectivity index (χ2n) is 5.52. The maximum atomic E-state index is 13.7. The molecule has 0 bridgehead atoms. The van der Waals surface area contributed by atoms with Crippen LogP contribution >= 0.6 is 0 Å². The van der Waals surface area contributed by atoms with Crippen molar-refractivity contribution in [2.75, 3.05) is 25.9 Å². The minimum atomic E-state index is -0.494. The quantitative estimate of drug-likeness (QED) is 0.668. The van der Waals surface area contributed by atoms with Gasteiger partial charge < -0.3 is 13.9 Å². The van der Waals surface area contributed by atoms with E-state index in [0.29, 0.717) is 11.3 Å². The van der Waals surface area contributed by atoms with Gasteiger partial charge >= 0.3 is 0 Å². The molecule has 0 saturated carbocycles. The molecule has 0 atom stereocenters. The Hall–Kier alpha value is -2.93. The first-order valence-corrected chi connectivity index (χ1v) is 7.63. The standard InChI is InChI=1S/C18H18FN3O3/c1-12-9-20-17-7-4-13(10-21(12)17)18(23)22(11-24-2)14-5-6-15(19)16(8-14)25-3/h4-10H,11H2,1-3H3. The fourth-order valence-electron chi connectivity index (χ4n) is 2.58. The number of pyridine rings is 1. The summed E-state index contributed by atoms with van der Waals surface area (Å²) in [6.45, 7) is 1.93. The van der Waals surface area contributed by atoms with Crippen molar-refractivity contribution in [3.05, 3.63) is 59.8 Å². The number of carbonyl (C=O) groups is 1. The summed E-state index contributed by atoms with van der Waals surface area (Å²) >= 11 is 0. The molecule has 0 aliphatic rings. The fraction of sp³-hybridized carbons (Fsp3) is 0.222. The largest absolute Gasteiger partial charge is 0.494 e. The second-order valence-corrected chi connectivity index (χ2v) is 5.52. The lowest BCUT2D eigenvalue weighted by molar-refractivity contribution is 0.0936. The van der Waals surface area contributed by atoms with E-state index in [0.717, 1.165) is 11.3 Å². The Morgan fingerprint density at radius 1 is 1.28 bits per heavy atom. The number of halogens is 1. The lowest BCUT2D eigenvalue weighted by Crippen LogP contribution is -2.33. The minimum Gasteiger partial charge on any atom is -0.494 e. The van der Waals surface area contributed by atoms with Gasteiger partial charge in [-0.15, -0.1) is 0 Å². The molecule has 2 aromatic heterocycles. The van der Waals surface area contributed by atoms with Crippen molar-refractivity contribution in [1.82, 2.24) is 9.38 Å². The third-order valence-corrected chi connectivity index (χ3v) is 3.89. The van der Waals surface area contributed by atoms with Gasteiger partial charge in [-0.25, -0.2) is 9.37 Å². The number of carbonyl (C=O) groups excluding carboxylic acids is 1. The number of nitrogens with zero attached hydrogens (tertiary/aromatic N) is 3. The van der Waals surface area contributed by atoms with Crippen LogP contribution in [-0.4, -0.2) is 36.2 Å². The molecule has 0 aliphatic heterocycles. The third kappa shape index (κ3) is 3.18. The van der Waals surface area contributed by atoms with Crippen LogP contribution in [-0.2, 0) is 4.74 Å². The van der Waals surface area contributed by atoms with Crippen molar-refractivity contribution < 1.29 is 18.7 Å². The molecular formula is C18H18FN3O3. The summed E-state index contributed by atoms with van der Waals surface area (Å²) < 4.78 is 25.6. The molecule has 3 aromatic rings. The predicted octanol–water partition coefficient (Wildman–Crippen LogP) is 3.04. The van der Waals surface area contributed by atoms with E-state index in [2.05, 4.69) is 4.98 Å². The summed E-state index contributed by atoms with van der Waals surface area (Å²) in [5, 5.41) is 0. The number of rotatable bonds is 5. The molecule has 0 spiro atoms. The maximum Gasteiger partial charge on any atom is 0.261 e. The van der Waals surface area contributed by atoms with Crippen LogP contribution in [0.3, 0.4) is 0 Å². The number of benzene rings is 1. The first-order chi connectivity index (χ1) is 12.0. The summed E-state index contributed by atoms with van der Waals surface area (Å²) in [6, 6.07) is 7.71. The number of amides is 1. The molecule has 0 radical (unpaired) electrons. The average Bonchev–Trinajstić information content (AvgIpc) is 3.00. The molecule has 25 heavy (non-hydrogen) atoms. The Labute approximate surface area is 144 Å². The summed E-state index contributed by atoms with van der Waals surface area (Å²) in [6.07, 6.45) is 3.46. The van der Waals surface area contributed by atoms with Crippen molar-refractivity contribution in [1.29, 1.82) is 0 Å². The highest BCUT2D eigenvalue weighted by Crippen LogP contribution is 2.26. The van der Waals surface area contributed by atoms with Crippen LogP contribution in [0.1, 0.15) is 16.1 Å². The molecule has 0 N–H and O–H groups in total. The molecule has 0 aliphatic carbocycles. The van der Waals surface area contributed by atoms with Crippen molar-refractivity contribution in [3.63, 3.8) is 0 Å². The third-order valence-electron chi connectivity index (χ3n) is 3.89. The molecule has 2 heterocycles.